The van der Waals surface area contributed by atoms with Crippen LogP contribution in [0.5, 0.6) is 0 Å². The Kier molecular flexibility index (Phi) is 5.55. The zero-order valence-electron chi connectivity index (χ0n) is 9.53. The van der Waals surface area contributed by atoms with Gasteiger partial charge in [-0.2, -0.15) is 5.48 Å². The topological polar surface area (TPSA) is 73.6 Å². The van der Waals surface area contributed by atoms with Crippen molar-refractivity contribution in [3.63, 3.8) is 0 Å². The van der Waals surface area contributed by atoms with Gasteiger partial charge >= 0.3 is 0 Å². The summed E-state index contributed by atoms with van der Waals surface area (Å²) in [6, 6.07) is 4.06. The highest BCUT2D eigenvalue weighted by Gasteiger charge is 2.06. The van der Waals surface area contributed by atoms with Crippen LogP contribution in [-0.4, -0.2) is 26.2 Å². The number of hydrogen-bond donors (Lipinski definition) is 2. The molecule has 1 aromatic carbocycles. The van der Waals surface area contributed by atoms with E-state index >= 15 is 0 Å². The van der Waals surface area contributed by atoms with E-state index in [9.17, 15) is 9.18 Å². The van der Waals surface area contributed by atoms with Crippen molar-refractivity contribution in [3.05, 3.63) is 35.1 Å². The number of carbonyl (C=O) groups is 1. The number of benzene rings is 1. The monoisotopic (exact) mass is 242 g/mol. The molecule has 6 heteroatoms. The molecule has 0 saturated heterocycles. The predicted molar refractivity (Wildman–Crippen MR) is 59.6 cm³/mol. The molecule has 0 aliphatic carbocycles. The molecule has 0 heterocycles. The van der Waals surface area contributed by atoms with Gasteiger partial charge < -0.3 is 10.5 Å². The van der Waals surface area contributed by atoms with E-state index in [1.165, 1.54) is 12.1 Å². The van der Waals surface area contributed by atoms with Gasteiger partial charge in [0.15, 0.2) is 0 Å². The van der Waals surface area contributed by atoms with E-state index in [4.69, 9.17) is 15.3 Å². The highest BCUT2D eigenvalue weighted by atomic mass is 19.1. The van der Waals surface area contributed by atoms with Gasteiger partial charge in [0.1, 0.15) is 5.82 Å². The molecule has 0 radical (unpaired) electrons. The van der Waals surface area contributed by atoms with E-state index in [1.54, 1.807) is 7.11 Å². The zero-order chi connectivity index (χ0) is 12.7. The molecule has 3 N–H and O–H groups in total. The molecule has 0 aromatic heterocycles. The summed E-state index contributed by atoms with van der Waals surface area (Å²) < 4.78 is 18.2. The van der Waals surface area contributed by atoms with Crippen LogP contribution < -0.4 is 11.2 Å². The van der Waals surface area contributed by atoms with Gasteiger partial charge in [0.2, 0.25) is 5.91 Å². The molecule has 1 amide bonds. The lowest BCUT2D eigenvalue weighted by atomic mass is 10.1. The molecule has 0 spiro atoms. The van der Waals surface area contributed by atoms with Gasteiger partial charge in [0.25, 0.3) is 0 Å². The Hall–Kier alpha value is -1.50. The van der Waals surface area contributed by atoms with Crippen LogP contribution in [0.2, 0.25) is 0 Å². The lowest BCUT2D eigenvalue weighted by molar-refractivity contribution is 0.00308. The third-order valence-corrected chi connectivity index (χ3v) is 2.09. The maximum atomic E-state index is 13.5. The maximum absolute atomic E-state index is 13.5. The van der Waals surface area contributed by atoms with Gasteiger partial charge in [-0.1, -0.05) is 6.07 Å². The number of carbonyl (C=O) groups excluding carboxylic acids is 1. The summed E-state index contributed by atoms with van der Waals surface area (Å²) in [6.07, 6.45) is 0. The van der Waals surface area contributed by atoms with Crippen LogP contribution >= 0.6 is 0 Å². The van der Waals surface area contributed by atoms with E-state index in [0.717, 1.165) is 6.07 Å². The Balaban J connectivity index is 2.46. The number of hydrogen-bond acceptors (Lipinski definition) is 4. The molecule has 0 bridgehead atoms. The first kappa shape index (κ1) is 13.6. The minimum atomic E-state index is -0.653. The largest absolute Gasteiger partial charge is 0.382 e. The van der Waals surface area contributed by atoms with Gasteiger partial charge in [-0.15, -0.1) is 0 Å². The van der Waals surface area contributed by atoms with Crippen molar-refractivity contribution in [1.29, 1.82) is 0 Å². The fraction of sp³-hybridized carbons (Fsp3) is 0.364. The Morgan fingerprint density at radius 2 is 2.24 bits per heavy atom. The number of amides is 1. The second-order valence-corrected chi connectivity index (χ2v) is 3.33. The van der Waals surface area contributed by atoms with Crippen molar-refractivity contribution in [1.82, 2.24) is 5.48 Å². The minimum Gasteiger partial charge on any atom is -0.382 e. The van der Waals surface area contributed by atoms with E-state index < -0.39 is 11.7 Å². The number of methoxy groups -OCH3 is 1. The third-order valence-electron chi connectivity index (χ3n) is 2.09. The molecule has 94 valence electrons. The lowest BCUT2D eigenvalue weighted by Gasteiger charge is -2.07. The smallest absolute Gasteiger partial charge is 0.248 e. The molecule has 0 saturated carbocycles. The number of rotatable bonds is 7. The fourth-order valence-corrected chi connectivity index (χ4v) is 1.17. The molecule has 17 heavy (non-hydrogen) atoms. The first-order valence-electron chi connectivity index (χ1n) is 5.07. The number of hydroxylamine groups is 1. The minimum absolute atomic E-state index is 0.145. The number of nitrogens with one attached hydrogen (secondary N) is 1. The first-order valence-corrected chi connectivity index (χ1v) is 5.07. The van der Waals surface area contributed by atoms with Crippen LogP contribution in [0, 0.1) is 5.82 Å². The predicted octanol–water partition coefficient (Wildman–Crippen LogP) is 0.592. The summed E-state index contributed by atoms with van der Waals surface area (Å²) in [7, 11) is 1.56. The Morgan fingerprint density at radius 3 is 2.82 bits per heavy atom. The Labute approximate surface area is 98.7 Å². The fourth-order valence-electron chi connectivity index (χ4n) is 1.17. The Bertz CT molecular complexity index is 385. The van der Waals surface area contributed by atoms with Gasteiger partial charge in [-0.05, 0) is 12.1 Å². The number of halogens is 1. The molecule has 0 aliphatic rings. The second kappa shape index (κ2) is 6.95. The SMILES string of the molecule is COCCONCc1ccc(C(N)=O)cc1F. The molecule has 1 rings (SSSR count). The van der Waals surface area contributed by atoms with Crippen molar-refractivity contribution in [2.75, 3.05) is 20.3 Å². The average molecular weight is 242 g/mol. The zero-order valence-corrected chi connectivity index (χ0v) is 9.53. The number of primary amides is 1. The normalized spacial score (nSPS) is 10.5. The molecule has 0 fully saturated rings. The summed E-state index contributed by atoms with van der Waals surface area (Å²) >= 11 is 0. The maximum Gasteiger partial charge on any atom is 0.248 e. The van der Waals surface area contributed by atoms with E-state index in [-0.39, 0.29) is 12.1 Å². The van der Waals surface area contributed by atoms with Crippen molar-refractivity contribution in [3.8, 4) is 0 Å². The van der Waals surface area contributed by atoms with Crippen molar-refractivity contribution in [2.24, 2.45) is 5.73 Å². The summed E-state index contributed by atoms with van der Waals surface area (Å²) in [5, 5.41) is 0. The second-order valence-electron chi connectivity index (χ2n) is 3.33. The van der Waals surface area contributed by atoms with Gasteiger partial charge in [-0.3, -0.25) is 9.63 Å². The van der Waals surface area contributed by atoms with Crippen LogP contribution in [0.25, 0.3) is 0 Å². The van der Waals surface area contributed by atoms with Gasteiger partial charge in [0, 0.05) is 24.8 Å². The van der Waals surface area contributed by atoms with Crippen molar-refractivity contribution < 1.29 is 18.8 Å². The van der Waals surface area contributed by atoms with Gasteiger partial charge in [-0.25, -0.2) is 4.39 Å². The van der Waals surface area contributed by atoms with Crippen LogP contribution in [0.3, 0.4) is 0 Å². The van der Waals surface area contributed by atoms with Gasteiger partial charge in [0.05, 0.1) is 13.2 Å². The summed E-state index contributed by atoms with van der Waals surface area (Å²) in [6.45, 7) is 1.03. The highest BCUT2D eigenvalue weighted by molar-refractivity contribution is 5.92. The van der Waals surface area contributed by atoms with Crippen LogP contribution in [0.1, 0.15) is 15.9 Å². The Morgan fingerprint density at radius 1 is 1.47 bits per heavy atom. The lowest BCUT2D eigenvalue weighted by Crippen LogP contribution is -2.18. The van der Waals surface area contributed by atoms with Crippen molar-refractivity contribution >= 4 is 5.91 Å². The van der Waals surface area contributed by atoms with E-state index in [2.05, 4.69) is 5.48 Å². The van der Waals surface area contributed by atoms with Crippen LogP contribution in [0.4, 0.5) is 4.39 Å². The molecule has 1 aromatic rings. The van der Waals surface area contributed by atoms with Crippen LogP contribution in [-0.2, 0) is 16.1 Å². The molecule has 0 atom stereocenters. The molecule has 0 unspecified atom stereocenters. The van der Waals surface area contributed by atoms with E-state index in [0.29, 0.717) is 18.8 Å². The molecular weight excluding hydrogens is 227 g/mol. The number of ether oxygens (including phenoxy) is 1. The molecule has 5 nitrogen and oxygen atoms in total. The highest BCUT2D eigenvalue weighted by Crippen LogP contribution is 2.09. The quantitative estimate of drug-likeness (QED) is 0.542. The molecule has 0 aliphatic heterocycles. The van der Waals surface area contributed by atoms with E-state index in [1.807, 2.05) is 0 Å². The summed E-state index contributed by atoms with van der Waals surface area (Å²) in [5.41, 5.74) is 8.16. The third kappa shape index (κ3) is 4.48. The molecular formula is C11H15FN2O3. The standard InChI is InChI=1S/C11H15FN2O3/c1-16-4-5-17-14-7-9-3-2-8(11(13)15)6-10(9)12/h2-3,6,14H,4-5,7H2,1H3,(H2,13,15). The summed E-state index contributed by atoms with van der Waals surface area (Å²) in [5.74, 6) is -1.15. The van der Waals surface area contributed by atoms with Crippen molar-refractivity contribution in [2.45, 2.75) is 6.54 Å². The summed E-state index contributed by atoms with van der Waals surface area (Å²) in [4.78, 5) is 15.8. The van der Waals surface area contributed by atoms with Crippen LogP contribution in [0.15, 0.2) is 18.2 Å². The number of nitrogens with two attached hydrogens (primary N) is 1. The first-order chi connectivity index (χ1) is 8.15. The average Bonchev–Trinajstić information content (AvgIpc) is 2.30.